The lowest BCUT2D eigenvalue weighted by Crippen LogP contribution is -2.35. The highest BCUT2D eigenvalue weighted by atomic mass is 16.2. The monoisotopic (exact) mass is 391 g/mol. The van der Waals surface area contributed by atoms with Gasteiger partial charge in [0.2, 0.25) is 11.8 Å². The Labute approximate surface area is 167 Å². The molecule has 0 aliphatic carbocycles. The largest absolute Gasteiger partial charge is 0.367 e. The molecule has 3 aromatic rings. The van der Waals surface area contributed by atoms with Crippen molar-refractivity contribution in [3.8, 4) is 5.82 Å². The lowest BCUT2D eigenvalue weighted by atomic mass is 10.1. The van der Waals surface area contributed by atoms with Gasteiger partial charge in [0.25, 0.3) is 0 Å². The van der Waals surface area contributed by atoms with Crippen molar-refractivity contribution in [2.75, 3.05) is 29.9 Å². The van der Waals surface area contributed by atoms with Crippen LogP contribution in [0.25, 0.3) is 5.82 Å². The number of hydrogen-bond acceptors (Lipinski definition) is 6. The van der Waals surface area contributed by atoms with Crippen LogP contribution < -0.4 is 15.5 Å². The van der Waals surface area contributed by atoms with E-state index in [0.717, 1.165) is 5.69 Å². The first kappa shape index (κ1) is 18.6. The summed E-state index contributed by atoms with van der Waals surface area (Å²) in [6.45, 7) is 1.34. The smallest absolute Gasteiger partial charge is 0.227 e. The zero-order chi connectivity index (χ0) is 20.1. The van der Waals surface area contributed by atoms with Crippen molar-refractivity contribution in [2.45, 2.75) is 6.42 Å². The fourth-order valence-electron chi connectivity index (χ4n) is 3.21. The highest BCUT2D eigenvalue weighted by Crippen LogP contribution is 2.24. The molecule has 1 aliphatic heterocycles. The van der Waals surface area contributed by atoms with Crippen molar-refractivity contribution < 1.29 is 9.59 Å². The van der Waals surface area contributed by atoms with Gasteiger partial charge < -0.3 is 15.5 Å². The maximum absolute atomic E-state index is 12.4. The predicted molar refractivity (Wildman–Crippen MR) is 108 cm³/mol. The first-order valence-corrected chi connectivity index (χ1v) is 9.41. The van der Waals surface area contributed by atoms with Gasteiger partial charge in [-0.25, -0.2) is 4.68 Å². The van der Waals surface area contributed by atoms with Crippen LogP contribution in [-0.4, -0.2) is 51.4 Å². The van der Waals surface area contributed by atoms with Crippen LogP contribution in [0, 0.1) is 5.92 Å². The molecular weight excluding hydrogens is 370 g/mol. The highest BCUT2D eigenvalue weighted by molar-refractivity contribution is 6.00. The Morgan fingerprint density at radius 1 is 1.07 bits per heavy atom. The summed E-state index contributed by atoms with van der Waals surface area (Å²) in [5, 5.41) is 18.3. The molecule has 1 aromatic carbocycles. The average Bonchev–Trinajstić information content (AvgIpc) is 3.42. The maximum Gasteiger partial charge on any atom is 0.227 e. The normalized spacial score (nSPS) is 16.1. The van der Waals surface area contributed by atoms with Gasteiger partial charge >= 0.3 is 0 Å². The standard InChI is InChI=1S/C20H21N7O2/c28-19-13-15(14-26(19)16-5-2-1-3-6-16)20(29)22-11-10-21-17-7-8-18(25-24-17)27-12-4-9-23-27/h1-9,12,15H,10-11,13-14H2,(H,21,24)(H,22,29). The first-order valence-electron chi connectivity index (χ1n) is 9.41. The number of benzene rings is 1. The summed E-state index contributed by atoms with van der Waals surface area (Å²) in [7, 11) is 0. The second-order valence-electron chi connectivity index (χ2n) is 6.69. The maximum atomic E-state index is 12.4. The zero-order valence-corrected chi connectivity index (χ0v) is 15.7. The third-order valence-electron chi connectivity index (χ3n) is 4.68. The molecule has 1 fully saturated rings. The van der Waals surface area contributed by atoms with Gasteiger partial charge in [0.1, 0.15) is 5.82 Å². The van der Waals surface area contributed by atoms with E-state index in [-0.39, 0.29) is 24.2 Å². The Morgan fingerprint density at radius 2 is 1.93 bits per heavy atom. The molecule has 29 heavy (non-hydrogen) atoms. The lowest BCUT2D eigenvalue weighted by Gasteiger charge is -2.16. The van der Waals surface area contributed by atoms with Crippen LogP contribution in [0.5, 0.6) is 0 Å². The van der Waals surface area contributed by atoms with Gasteiger partial charge in [-0.15, -0.1) is 10.2 Å². The molecule has 4 rings (SSSR count). The number of rotatable bonds is 7. The van der Waals surface area contributed by atoms with Crippen LogP contribution in [0.15, 0.2) is 60.9 Å². The van der Waals surface area contributed by atoms with Gasteiger partial charge in [0.15, 0.2) is 5.82 Å². The van der Waals surface area contributed by atoms with Gasteiger partial charge in [0, 0.05) is 44.1 Å². The van der Waals surface area contributed by atoms with E-state index in [1.54, 1.807) is 28.0 Å². The van der Waals surface area contributed by atoms with Crippen molar-refractivity contribution >= 4 is 23.3 Å². The third kappa shape index (κ3) is 4.40. The van der Waals surface area contributed by atoms with E-state index in [1.165, 1.54) is 0 Å². The quantitative estimate of drug-likeness (QED) is 0.587. The Balaban J connectivity index is 1.22. The molecule has 148 valence electrons. The van der Waals surface area contributed by atoms with Gasteiger partial charge in [-0.3, -0.25) is 9.59 Å². The summed E-state index contributed by atoms with van der Waals surface area (Å²) in [6, 6.07) is 14.8. The molecule has 1 atom stereocenters. The van der Waals surface area contributed by atoms with Crippen LogP contribution in [0.4, 0.5) is 11.5 Å². The van der Waals surface area contributed by atoms with Crippen molar-refractivity contribution in [2.24, 2.45) is 5.92 Å². The van der Waals surface area contributed by atoms with Crippen molar-refractivity contribution in [1.29, 1.82) is 0 Å². The zero-order valence-electron chi connectivity index (χ0n) is 15.7. The van der Waals surface area contributed by atoms with E-state index in [2.05, 4.69) is 25.9 Å². The summed E-state index contributed by atoms with van der Waals surface area (Å²) in [6.07, 6.45) is 3.70. The number of anilines is 2. The number of hydrogen-bond donors (Lipinski definition) is 2. The minimum Gasteiger partial charge on any atom is -0.367 e. The highest BCUT2D eigenvalue weighted by Gasteiger charge is 2.34. The van der Waals surface area contributed by atoms with Crippen LogP contribution >= 0.6 is 0 Å². The molecule has 0 spiro atoms. The molecule has 9 heteroatoms. The van der Waals surface area contributed by atoms with Crippen molar-refractivity contribution in [3.63, 3.8) is 0 Å². The average molecular weight is 391 g/mol. The van der Waals surface area contributed by atoms with Gasteiger partial charge in [-0.1, -0.05) is 18.2 Å². The minimum atomic E-state index is -0.337. The summed E-state index contributed by atoms with van der Waals surface area (Å²) in [5.74, 6) is 0.765. The second-order valence-corrected chi connectivity index (χ2v) is 6.69. The Bertz CT molecular complexity index is 958. The predicted octanol–water partition coefficient (Wildman–Crippen LogP) is 1.24. The van der Waals surface area contributed by atoms with Crippen LogP contribution in [0.3, 0.4) is 0 Å². The van der Waals surface area contributed by atoms with E-state index < -0.39 is 0 Å². The third-order valence-corrected chi connectivity index (χ3v) is 4.68. The van der Waals surface area contributed by atoms with E-state index in [4.69, 9.17) is 0 Å². The Morgan fingerprint density at radius 3 is 2.66 bits per heavy atom. The number of aromatic nitrogens is 4. The molecule has 2 amide bonds. The summed E-state index contributed by atoms with van der Waals surface area (Å²) < 4.78 is 1.62. The number of para-hydroxylation sites is 1. The molecule has 2 N–H and O–H groups in total. The lowest BCUT2D eigenvalue weighted by molar-refractivity contribution is -0.126. The van der Waals surface area contributed by atoms with Gasteiger partial charge in [-0.2, -0.15) is 5.10 Å². The molecule has 2 aromatic heterocycles. The minimum absolute atomic E-state index is 0.0259. The van der Waals surface area contributed by atoms with Crippen LogP contribution in [0.1, 0.15) is 6.42 Å². The molecule has 0 saturated carbocycles. The van der Waals surface area contributed by atoms with E-state index >= 15 is 0 Å². The summed E-state index contributed by atoms with van der Waals surface area (Å²) in [4.78, 5) is 26.3. The van der Waals surface area contributed by atoms with E-state index in [0.29, 0.717) is 31.3 Å². The second kappa shape index (κ2) is 8.51. The molecule has 3 heterocycles. The number of carbonyl (C=O) groups excluding carboxylic acids is 2. The molecule has 1 saturated heterocycles. The number of nitrogens with zero attached hydrogens (tertiary/aromatic N) is 5. The van der Waals surface area contributed by atoms with Crippen molar-refractivity contribution in [3.05, 3.63) is 60.9 Å². The van der Waals surface area contributed by atoms with Crippen LogP contribution in [0.2, 0.25) is 0 Å². The SMILES string of the molecule is O=C(NCCNc1ccc(-n2cccn2)nn1)C1CC(=O)N(c2ccccc2)C1. The Kier molecular flexibility index (Phi) is 5.46. The summed E-state index contributed by atoms with van der Waals surface area (Å²) in [5.41, 5.74) is 0.826. The first-order chi connectivity index (χ1) is 14.2. The number of nitrogens with one attached hydrogen (secondary N) is 2. The van der Waals surface area contributed by atoms with Gasteiger partial charge in [0.05, 0.1) is 5.92 Å². The molecule has 0 bridgehead atoms. The molecule has 1 unspecified atom stereocenters. The van der Waals surface area contributed by atoms with E-state index in [1.807, 2.05) is 42.5 Å². The molecular formula is C20H21N7O2. The fourth-order valence-corrected chi connectivity index (χ4v) is 3.21. The van der Waals surface area contributed by atoms with E-state index in [9.17, 15) is 9.59 Å². The molecule has 9 nitrogen and oxygen atoms in total. The number of carbonyl (C=O) groups is 2. The molecule has 0 radical (unpaired) electrons. The summed E-state index contributed by atoms with van der Waals surface area (Å²) >= 11 is 0. The number of amides is 2. The topological polar surface area (TPSA) is 105 Å². The molecule has 1 aliphatic rings. The van der Waals surface area contributed by atoms with Crippen LogP contribution in [-0.2, 0) is 9.59 Å². The fraction of sp³-hybridized carbons (Fsp3) is 0.250. The Hall–Kier alpha value is -3.75. The van der Waals surface area contributed by atoms with Gasteiger partial charge in [-0.05, 0) is 30.3 Å². The van der Waals surface area contributed by atoms with Crippen molar-refractivity contribution in [1.82, 2.24) is 25.3 Å².